The van der Waals surface area contributed by atoms with Crippen molar-refractivity contribution in [2.24, 2.45) is 0 Å². The molecule has 23 heavy (non-hydrogen) atoms. The summed E-state index contributed by atoms with van der Waals surface area (Å²) in [5.41, 5.74) is 0. The Morgan fingerprint density at radius 2 is 1.83 bits per heavy atom. The van der Waals surface area contributed by atoms with E-state index >= 15 is 0 Å². The van der Waals surface area contributed by atoms with Crippen molar-refractivity contribution in [1.82, 2.24) is 9.47 Å². The second-order valence-electron chi connectivity index (χ2n) is 5.60. The number of hydrogen-bond donors (Lipinski definition) is 0. The number of benzene rings is 1. The highest BCUT2D eigenvalue weighted by Crippen LogP contribution is 2.25. The molecule has 1 atom stereocenters. The van der Waals surface area contributed by atoms with Gasteiger partial charge in [0.05, 0.1) is 10.1 Å². The van der Waals surface area contributed by atoms with E-state index in [-0.39, 0.29) is 23.9 Å². The van der Waals surface area contributed by atoms with Gasteiger partial charge >= 0.3 is 0 Å². The van der Waals surface area contributed by atoms with Gasteiger partial charge in [0.25, 0.3) is 0 Å². The van der Waals surface area contributed by atoms with Crippen molar-refractivity contribution in [3.63, 3.8) is 0 Å². The van der Waals surface area contributed by atoms with Crippen LogP contribution in [0.5, 0.6) is 0 Å². The lowest BCUT2D eigenvalue weighted by atomic mass is 10.4. The summed E-state index contributed by atoms with van der Waals surface area (Å²) in [5, 5.41) is -0.0591. The molecule has 0 bridgehead atoms. The quantitative estimate of drug-likeness (QED) is 0.847. The molecule has 1 aliphatic heterocycles. The van der Waals surface area contributed by atoms with Crippen LogP contribution in [0.3, 0.4) is 0 Å². The third-order valence-corrected chi connectivity index (χ3v) is 6.51. The molecule has 1 saturated heterocycles. The van der Waals surface area contributed by atoms with Gasteiger partial charge in [-0.2, -0.15) is 0 Å². The summed E-state index contributed by atoms with van der Waals surface area (Å²) in [7, 11) is -3.44. The monoisotopic (exact) mass is 352 g/mol. The van der Waals surface area contributed by atoms with Crippen LogP contribution in [0.4, 0.5) is 0 Å². The van der Waals surface area contributed by atoms with Crippen molar-refractivity contribution < 1.29 is 13.2 Å². The molecule has 1 amide bonds. The Kier molecular flexibility index (Phi) is 4.46. The molecule has 1 aromatic carbocycles. The summed E-state index contributed by atoms with van der Waals surface area (Å²) < 4.78 is 27.1. The summed E-state index contributed by atoms with van der Waals surface area (Å²) in [5.74, 6) is -0.0602. The van der Waals surface area contributed by atoms with Gasteiger partial charge in [-0.25, -0.2) is 8.42 Å². The number of aromatic nitrogens is 1. The highest BCUT2D eigenvalue weighted by atomic mass is 35.5. The topological polar surface area (TPSA) is 59.4 Å². The minimum atomic E-state index is -3.44. The zero-order chi connectivity index (χ0) is 16.4. The molecule has 3 rings (SSSR count). The Balaban J connectivity index is 1.69. The largest absolute Gasteiger partial charge is 0.345 e. The maximum Gasteiger partial charge on any atom is 0.242 e. The number of rotatable bonds is 4. The predicted octanol–water partition coefficient (Wildman–Crippen LogP) is 2.22. The fraction of sp³-hybridized carbons (Fsp3) is 0.312. The smallest absolute Gasteiger partial charge is 0.242 e. The van der Waals surface area contributed by atoms with Crippen molar-refractivity contribution in [1.29, 1.82) is 0 Å². The SMILES string of the molecule is O=C(Cn1cccc1)N1CCC(S(=O)(=O)c2ccc(Cl)cc2)C1. The summed E-state index contributed by atoms with van der Waals surface area (Å²) in [6.07, 6.45) is 4.09. The van der Waals surface area contributed by atoms with Gasteiger partial charge in [-0.1, -0.05) is 11.6 Å². The van der Waals surface area contributed by atoms with Gasteiger partial charge in [0, 0.05) is 30.5 Å². The normalized spacial score (nSPS) is 18.3. The minimum Gasteiger partial charge on any atom is -0.345 e. The second-order valence-corrected chi connectivity index (χ2v) is 8.27. The van der Waals surface area contributed by atoms with Gasteiger partial charge in [-0.3, -0.25) is 4.79 Å². The molecule has 2 heterocycles. The molecule has 0 spiro atoms. The fourth-order valence-corrected chi connectivity index (χ4v) is 4.57. The first-order valence-electron chi connectivity index (χ1n) is 7.35. The van der Waals surface area contributed by atoms with Crippen LogP contribution in [0, 0.1) is 0 Å². The Hall–Kier alpha value is -1.79. The summed E-state index contributed by atoms with van der Waals surface area (Å²) in [4.78, 5) is 14.1. The van der Waals surface area contributed by atoms with E-state index in [9.17, 15) is 13.2 Å². The van der Waals surface area contributed by atoms with E-state index in [1.807, 2.05) is 24.5 Å². The molecular weight excluding hydrogens is 336 g/mol. The van der Waals surface area contributed by atoms with Crippen molar-refractivity contribution in [2.75, 3.05) is 13.1 Å². The Labute approximate surface area is 140 Å². The van der Waals surface area contributed by atoms with E-state index in [4.69, 9.17) is 11.6 Å². The number of carbonyl (C=O) groups excluding carboxylic acids is 1. The summed E-state index contributed by atoms with van der Waals surface area (Å²) in [6, 6.07) is 9.87. The standard InChI is InChI=1S/C16H17ClN2O3S/c17-13-3-5-14(6-4-13)23(21,22)15-7-10-19(11-15)16(20)12-18-8-1-2-9-18/h1-6,8-9,15H,7,10-12H2. The lowest BCUT2D eigenvalue weighted by Gasteiger charge is -2.17. The average molecular weight is 353 g/mol. The number of amides is 1. The molecule has 0 aliphatic carbocycles. The van der Waals surface area contributed by atoms with Crippen molar-refractivity contribution in [3.8, 4) is 0 Å². The molecule has 7 heteroatoms. The number of sulfone groups is 1. The van der Waals surface area contributed by atoms with Crippen LogP contribution >= 0.6 is 11.6 Å². The molecule has 1 aromatic heterocycles. The highest BCUT2D eigenvalue weighted by molar-refractivity contribution is 7.92. The third-order valence-electron chi connectivity index (χ3n) is 4.06. The van der Waals surface area contributed by atoms with E-state index in [0.717, 1.165) is 0 Å². The highest BCUT2D eigenvalue weighted by Gasteiger charge is 2.35. The van der Waals surface area contributed by atoms with E-state index in [1.54, 1.807) is 21.6 Å². The number of likely N-dealkylation sites (tertiary alicyclic amines) is 1. The molecule has 2 aromatic rings. The van der Waals surface area contributed by atoms with Crippen LogP contribution in [0.15, 0.2) is 53.7 Å². The van der Waals surface area contributed by atoms with E-state index in [0.29, 0.717) is 18.0 Å². The average Bonchev–Trinajstić information content (AvgIpc) is 3.19. The molecule has 1 unspecified atom stereocenters. The van der Waals surface area contributed by atoms with Gasteiger partial charge in [-0.15, -0.1) is 0 Å². The first kappa shape index (κ1) is 16.1. The van der Waals surface area contributed by atoms with E-state index in [1.165, 1.54) is 12.1 Å². The number of halogens is 1. The predicted molar refractivity (Wildman–Crippen MR) is 88.1 cm³/mol. The fourth-order valence-electron chi connectivity index (χ4n) is 2.76. The van der Waals surface area contributed by atoms with Crippen LogP contribution < -0.4 is 0 Å². The van der Waals surface area contributed by atoms with Crippen LogP contribution in [-0.4, -0.2) is 42.1 Å². The van der Waals surface area contributed by atoms with Gasteiger partial charge in [-0.05, 0) is 42.8 Å². The summed E-state index contributed by atoms with van der Waals surface area (Å²) >= 11 is 5.80. The first-order chi connectivity index (χ1) is 11.0. The van der Waals surface area contributed by atoms with Crippen LogP contribution in [0.1, 0.15) is 6.42 Å². The number of nitrogens with zero attached hydrogens (tertiary/aromatic N) is 2. The van der Waals surface area contributed by atoms with Crippen molar-refractivity contribution in [2.45, 2.75) is 23.1 Å². The zero-order valence-corrected chi connectivity index (χ0v) is 14.0. The van der Waals surface area contributed by atoms with Gasteiger partial charge < -0.3 is 9.47 Å². The first-order valence-corrected chi connectivity index (χ1v) is 9.27. The molecular formula is C16H17ClN2O3S. The van der Waals surface area contributed by atoms with Gasteiger partial charge in [0.15, 0.2) is 9.84 Å². The molecule has 122 valence electrons. The molecule has 1 aliphatic rings. The summed E-state index contributed by atoms with van der Waals surface area (Å²) in [6.45, 7) is 0.948. The Morgan fingerprint density at radius 1 is 1.17 bits per heavy atom. The Morgan fingerprint density at radius 3 is 2.48 bits per heavy atom. The van der Waals surface area contributed by atoms with Crippen LogP contribution in [0.25, 0.3) is 0 Å². The van der Waals surface area contributed by atoms with Crippen molar-refractivity contribution in [3.05, 3.63) is 53.8 Å². The number of carbonyl (C=O) groups is 1. The van der Waals surface area contributed by atoms with Crippen LogP contribution in [-0.2, 0) is 21.2 Å². The minimum absolute atomic E-state index is 0.0602. The lowest BCUT2D eigenvalue weighted by Crippen LogP contribution is -2.34. The van der Waals surface area contributed by atoms with Gasteiger partial charge in [0.2, 0.25) is 5.91 Å². The second kappa shape index (κ2) is 6.37. The Bertz CT molecular complexity index is 785. The third kappa shape index (κ3) is 3.43. The number of hydrogen-bond acceptors (Lipinski definition) is 3. The lowest BCUT2D eigenvalue weighted by molar-refractivity contribution is -0.130. The maximum atomic E-state index is 12.6. The maximum absolute atomic E-state index is 12.6. The molecule has 0 saturated carbocycles. The van der Waals surface area contributed by atoms with E-state index in [2.05, 4.69) is 0 Å². The molecule has 0 N–H and O–H groups in total. The molecule has 5 nitrogen and oxygen atoms in total. The zero-order valence-electron chi connectivity index (χ0n) is 12.4. The van der Waals surface area contributed by atoms with E-state index < -0.39 is 15.1 Å². The van der Waals surface area contributed by atoms with Crippen LogP contribution in [0.2, 0.25) is 5.02 Å². The molecule has 1 fully saturated rings. The van der Waals surface area contributed by atoms with Crippen molar-refractivity contribution >= 4 is 27.3 Å². The van der Waals surface area contributed by atoms with Gasteiger partial charge in [0.1, 0.15) is 6.54 Å². The molecule has 0 radical (unpaired) electrons.